The zero-order valence-electron chi connectivity index (χ0n) is 16.3. The Morgan fingerprint density at radius 2 is 1.96 bits per heavy atom. The third kappa shape index (κ3) is 5.04. The van der Waals surface area contributed by atoms with Crippen molar-refractivity contribution in [3.8, 4) is 0 Å². The molecule has 1 heterocycles. The van der Waals surface area contributed by atoms with Gasteiger partial charge in [-0.05, 0) is 49.6 Å². The molecule has 4 nitrogen and oxygen atoms in total. The van der Waals surface area contributed by atoms with Gasteiger partial charge in [-0.2, -0.15) is 0 Å². The molecule has 0 spiro atoms. The van der Waals surface area contributed by atoms with E-state index >= 15 is 0 Å². The maximum absolute atomic E-state index is 12.4. The standard InChI is InChI=1S/C22H24ClN3OS/c1-4-15-7-5-6-8-19(15)24-21(27)14-26(2)13-17-11-16-9-10-18(28-3)12-20(16)25-22(17)23/h5-12H,4,13-14H2,1-3H3,(H,24,27). The molecule has 0 aliphatic heterocycles. The minimum absolute atomic E-state index is 0.0436. The molecule has 0 aliphatic carbocycles. The SMILES string of the molecule is CCc1ccccc1NC(=O)CN(C)Cc1cc2ccc(SC)cc2nc1Cl. The molecular formula is C22H24ClN3OS. The highest BCUT2D eigenvalue weighted by molar-refractivity contribution is 7.98. The van der Waals surface area contributed by atoms with Crippen molar-refractivity contribution < 1.29 is 4.79 Å². The van der Waals surface area contributed by atoms with Crippen molar-refractivity contribution in [1.82, 2.24) is 9.88 Å². The number of amides is 1. The number of halogens is 1. The minimum Gasteiger partial charge on any atom is -0.325 e. The Morgan fingerprint density at radius 3 is 2.71 bits per heavy atom. The Hall–Kier alpha value is -2.08. The molecule has 1 aromatic heterocycles. The highest BCUT2D eigenvalue weighted by atomic mass is 35.5. The quantitative estimate of drug-likeness (QED) is 0.424. The van der Waals surface area contributed by atoms with E-state index in [0.29, 0.717) is 11.7 Å². The van der Waals surface area contributed by atoms with E-state index < -0.39 is 0 Å². The van der Waals surface area contributed by atoms with Gasteiger partial charge in [-0.3, -0.25) is 9.69 Å². The summed E-state index contributed by atoms with van der Waals surface area (Å²) in [5, 5.41) is 4.53. The van der Waals surface area contributed by atoms with Crippen molar-refractivity contribution in [1.29, 1.82) is 0 Å². The average Bonchev–Trinajstić information content (AvgIpc) is 2.68. The van der Waals surface area contributed by atoms with Crippen LogP contribution in [-0.2, 0) is 17.8 Å². The number of para-hydroxylation sites is 1. The number of nitrogens with one attached hydrogen (secondary N) is 1. The van der Waals surface area contributed by atoms with Gasteiger partial charge in [-0.15, -0.1) is 11.8 Å². The van der Waals surface area contributed by atoms with Crippen LogP contribution in [0.4, 0.5) is 5.69 Å². The lowest BCUT2D eigenvalue weighted by molar-refractivity contribution is -0.117. The van der Waals surface area contributed by atoms with Crippen LogP contribution in [-0.4, -0.2) is 35.6 Å². The second-order valence-electron chi connectivity index (χ2n) is 6.73. The maximum atomic E-state index is 12.4. The summed E-state index contributed by atoms with van der Waals surface area (Å²) in [7, 11) is 1.91. The third-order valence-corrected chi connectivity index (χ3v) is 5.63. The Kier molecular flexibility index (Phi) is 6.94. The van der Waals surface area contributed by atoms with E-state index in [1.807, 2.05) is 48.5 Å². The van der Waals surface area contributed by atoms with E-state index in [1.54, 1.807) is 11.8 Å². The minimum atomic E-state index is -0.0436. The van der Waals surface area contributed by atoms with E-state index in [4.69, 9.17) is 11.6 Å². The highest BCUT2D eigenvalue weighted by Crippen LogP contribution is 2.25. The molecule has 0 atom stereocenters. The molecule has 0 unspecified atom stereocenters. The second-order valence-corrected chi connectivity index (χ2v) is 7.97. The summed E-state index contributed by atoms with van der Waals surface area (Å²) < 4.78 is 0. The number of carbonyl (C=O) groups excluding carboxylic acids is 1. The van der Waals surface area contributed by atoms with E-state index in [-0.39, 0.29) is 12.5 Å². The number of thioether (sulfide) groups is 1. The van der Waals surface area contributed by atoms with E-state index in [2.05, 4.69) is 35.4 Å². The molecule has 0 bridgehead atoms. The van der Waals surface area contributed by atoms with Crippen LogP contribution in [0.15, 0.2) is 53.4 Å². The molecule has 2 aromatic carbocycles. The first-order chi connectivity index (χ1) is 13.5. The Bertz CT molecular complexity index is 993. The largest absolute Gasteiger partial charge is 0.325 e. The van der Waals surface area contributed by atoms with Gasteiger partial charge in [0.15, 0.2) is 0 Å². The molecule has 1 N–H and O–H groups in total. The summed E-state index contributed by atoms with van der Waals surface area (Å²) in [6, 6.07) is 16.1. The molecule has 0 radical (unpaired) electrons. The van der Waals surface area contributed by atoms with Crippen LogP contribution in [0.3, 0.4) is 0 Å². The molecule has 6 heteroatoms. The molecular weight excluding hydrogens is 390 g/mol. The van der Waals surface area contributed by atoms with Crippen molar-refractivity contribution in [2.45, 2.75) is 24.8 Å². The van der Waals surface area contributed by atoms with Gasteiger partial charge in [-0.1, -0.05) is 42.8 Å². The number of aryl methyl sites for hydroxylation is 1. The van der Waals surface area contributed by atoms with Gasteiger partial charge in [-0.25, -0.2) is 4.98 Å². The lowest BCUT2D eigenvalue weighted by atomic mass is 10.1. The highest BCUT2D eigenvalue weighted by Gasteiger charge is 2.12. The molecule has 0 fully saturated rings. The molecule has 28 heavy (non-hydrogen) atoms. The summed E-state index contributed by atoms with van der Waals surface area (Å²) in [6.07, 6.45) is 2.92. The smallest absolute Gasteiger partial charge is 0.238 e. The molecule has 3 aromatic rings. The van der Waals surface area contributed by atoms with Crippen molar-refractivity contribution in [2.75, 3.05) is 25.2 Å². The first-order valence-electron chi connectivity index (χ1n) is 9.19. The van der Waals surface area contributed by atoms with Crippen LogP contribution >= 0.6 is 23.4 Å². The number of nitrogens with zero attached hydrogens (tertiary/aromatic N) is 2. The number of likely N-dealkylation sites (N-methyl/N-ethyl adjacent to an activating group) is 1. The van der Waals surface area contributed by atoms with Crippen molar-refractivity contribution in [2.24, 2.45) is 0 Å². The fourth-order valence-corrected chi connectivity index (χ4v) is 3.78. The van der Waals surface area contributed by atoms with Crippen LogP contribution in [0, 0.1) is 0 Å². The van der Waals surface area contributed by atoms with E-state index in [0.717, 1.165) is 39.0 Å². The first kappa shape index (κ1) is 20.6. The number of hydrogen-bond donors (Lipinski definition) is 1. The third-order valence-electron chi connectivity index (χ3n) is 4.58. The first-order valence-corrected chi connectivity index (χ1v) is 10.8. The second kappa shape index (κ2) is 9.41. The zero-order valence-corrected chi connectivity index (χ0v) is 17.9. The number of hydrogen-bond acceptors (Lipinski definition) is 4. The molecule has 0 saturated carbocycles. The lowest BCUT2D eigenvalue weighted by Gasteiger charge is -2.18. The monoisotopic (exact) mass is 413 g/mol. The molecule has 0 saturated heterocycles. The van der Waals surface area contributed by atoms with Gasteiger partial charge in [0.25, 0.3) is 0 Å². The van der Waals surface area contributed by atoms with Crippen molar-refractivity contribution >= 4 is 45.9 Å². The predicted octanol–water partition coefficient (Wildman–Crippen LogP) is 5.24. The van der Waals surface area contributed by atoms with Crippen LogP contribution < -0.4 is 5.32 Å². The van der Waals surface area contributed by atoms with Gasteiger partial charge in [0, 0.05) is 28.1 Å². The average molecular weight is 414 g/mol. The number of rotatable bonds is 7. The van der Waals surface area contributed by atoms with Gasteiger partial charge in [0.05, 0.1) is 12.1 Å². The van der Waals surface area contributed by atoms with Crippen molar-refractivity contribution in [3.63, 3.8) is 0 Å². The Morgan fingerprint density at radius 1 is 1.18 bits per heavy atom. The fraction of sp³-hybridized carbons (Fsp3) is 0.273. The summed E-state index contributed by atoms with van der Waals surface area (Å²) >= 11 is 8.08. The maximum Gasteiger partial charge on any atom is 0.238 e. The number of benzene rings is 2. The number of carbonyl (C=O) groups is 1. The Balaban J connectivity index is 1.67. The summed E-state index contributed by atoms with van der Waals surface area (Å²) in [5.41, 5.74) is 3.80. The summed E-state index contributed by atoms with van der Waals surface area (Å²) in [5.74, 6) is -0.0436. The zero-order chi connectivity index (χ0) is 20.1. The Labute approximate surface area is 175 Å². The molecule has 3 rings (SSSR count). The normalized spacial score (nSPS) is 11.2. The topological polar surface area (TPSA) is 45.2 Å². The summed E-state index contributed by atoms with van der Waals surface area (Å²) in [4.78, 5) is 20.1. The number of pyridine rings is 1. The van der Waals surface area contributed by atoms with Gasteiger partial charge < -0.3 is 5.32 Å². The summed E-state index contributed by atoms with van der Waals surface area (Å²) in [6.45, 7) is 2.90. The van der Waals surface area contributed by atoms with Gasteiger partial charge in [0.2, 0.25) is 5.91 Å². The van der Waals surface area contributed by atoms with Crippen LogP contribution in [0.25, 0.3) is 10.9 Å². The van der Waals surface area contributed by atoms with Gasteiger partial charge in [0.1, 0.15) is 5.15 Å². The molecule has 0 aliphatic rings. The number of fused-ring (bicyclic) bond motifs is 1. The number of anilines is 1. The molecule has 146 valence electrons. The van der Waals surface area contributed by atoms with Gasteiger partial charge >= 0.3 is 0 Å². The number of aromatic nitrogens is 1. The van der Waals surface area contributed by atoms with Crippen LogP contribution in [0.1, 0.15) is 18.1 Å². The molecule has 1 amide bonds. The van der Waals surface area contributed by atoms with Crippen LogP contribution in [0.2, 0.25) is 5.15 Å². The predicted molar refractivity (Wildman–Crippen MR) is 119 cm³/mol. The lowest BCUT2D eigenvalue weighted by Crippen LogP contribution is -2.30. The fourth-order valence-electron chi connectivity index (χ4n) is 3.14. The van der Waals surface area contributed by atoms with Crippen molar-refractivity contribution in [3.05, 3.63) is 64.8 Å². The van der Waals surface area contributed by atoms with Crippen LogP contribution in [0.5, 0.6) is 0 Å². The van der Waals surface area contributed by atoms with E-state index in [1.165, 1.54) is 0 Å². The van der Waals surface area contributed by atoms with E-state index in [9.17, 15) is 4.79 Å².